The number of carboxylic acid groups (broad SMARTS) is 1. The largest absolute Gasteiger partial charge is 0.465 e. The van der Waals surface area contributed by atoms with Crippen LogP contribution in [0.4, 0.5) is 50.8 Å². The standard InChI is InChI=1S/C29H33F7N6O4/c1-39(21-11-16(28(31,32)33)10-17(12-21)29(34,35)36)26(44)41(3)24-15-42(14-22(24)23-9-4-18(30)13-37-23)25(43)38-19-5-7-20(8-6-19)40(2)27(45)46/h4,9-13,19-20,22,24H,5-8,14-15H2,1-3H3,(H,38,43)(H,45,46)/t19-,20-,22-,24+/m0/s1. The second-order valence-corrected chi connectivity index (χ2v) is 11.5. The number of likely N-dealkylation sites (tertiary alicyclic amines) is 1. The van der Waals surface area contributed by atoms with Crippen LogP contribution >= 0.6 is 0 Å². The van der Waals surface area contributed by atoms with Gasteiger partial charge in [0.25, 0.3) is 0 Å². The maximum absolute atomic E-state index is 13.7. The van der Waals surface area contributed by atoms with Crippen molar-refractivity contribution >= 4 is 23.8 Å². The second-order valence-electron chi connectivity index (χ2n) is 11.5. The number of rotatable bonds is 5. The van der Waals surface area contributed by atoms with E-state index >= 15 is 0 Å². The van der Waals surface area contributed by atoms with E-state index in [0.29, 0.717) is 48.4 Å². The van der Waals surface area contributed by atoms with Gasteiger partial charge in [-0.2, -0.15) is 26.3 Å². The average Bonchev–Trinajstić information content (AvgIpc) is 3.45. The number of benzene rings is 1. The van der Waals surface area contributed by atoms with E-state index in [0.717, 1.165) is 24.2 Å². The van der Waals surface area contributed by atoms with Gasteiger partial charge in [-0.25, -0.2) is 18.8 Å². The molecule has 2 aliphatic rings. The van der Waals surface area contributed by atoms with Gasteiger partial charge in [0.05, 0.1) is 23.4 Å². The van der Waals surface area contributed by atoms with Crippen LogP contribution in [0.5, 0.6) is 0 Å². The number of hydrogen-bond donors (Lipinski definition) is 2. The molecule has 1 aromatic carbocycles. The maximum Gasteiger partial charge on any atom is 0.416 e. The van der Waals surface area contributed by atoms with Gasteiger partial charge in [-0.15, -0.1) is 0 Å². The Bertz CT molecular complexity index is 1400. The first-order valence-corrected chi connectivity index (χ1v) is 14.3. The zero-order valence-corrected chi connectivity index (χ0v) is 25.1. The molecule has 1 saturated carbocycles. The Morgan fingerprint density at radius 1 is 0.891 bits per heavy atom. The van der Waals surface area contributed by atoms with Gasteiger partial charge in [0.2, 0.25) is 0 Å². The van der Waals surface area contributed by atoms with Gasteiger partial charge in [-0.1, -0.05) is 0 Å². The van der Waals surface area contributed by atoms with Crippen molar-refractivity contribution < 1.29 is 50.2 Å². The smallest absolute Gasteiger partial charge is 0.416 e. The molecule has 10 nitrogen and oxygen atoms in total. The van der Waals surface area contributed by atoms with Gasteiger partial charge in [0.1, 0.15) is 5.82 Å². The van der Waals surface area contributed by atoms with E-state index in [1.807, 2.05) is 0 Å². The Morgan fingerprint density at radius 2 is 1.48 bits per heavy atom. The first kappa shape index (κ1) is 34.6. The number of anilines is 1. The molecule has 2 aromatic rings. The minimum Gasteiger partial charge on any atom is -0.465 e. The normalized spacial score (nSPS) is 21.9. The lowest BCUT2D eigenvalue weighted by Crippen LogP contribution is -2.50. The third-order valence-corrected chi connectivity index (χ3v) is 8.63. The zero-order chi connectivity index (χ0) is 34.1. The molecule has 4 rings (SSSR count). The molecule has 0 bridgehead atoms. The molecule has 1 aliphatic heterocycles. The van der Waals surface area contributed by atoms with Crippen LogP contribution in [0, 0.1) is 5.82 Å². The molecule has 2 heterocycles. The van der Waals surface area contributed by atoms with E-state index < -0.39 is 65.1 Å². The lowest BCUT2D eigenvalue weighted by Gasteiger charge is -2.34. The average molecular weight is 663 g/mol. The highest BCUT2D eigenvalue weighted by atomic mass is 19.4. The highest BCUT2D eigenvalue weighted by molar-refractivity contribution is 5.92. The quantitative estimate of drug-likeness (QED) is 0.391. The minimum atomic E-state index is -5.12. The Labute approximate surface area is 259 Å². The fourth-order valence-corrected chi connectivity index (χ4v) is 5.89. The summed E-state index contributed by atoms with van der Waals surface area (Å²) in [5.41, 5.74) is -3.49. The highest BCUT2D eigenvalue weighted by Gasteiger charge is 2.43. The molecule has 252 valence electrons. The van der Waals surface area contributed by atoms with Crippen molar-refractivity contribution in [2.24, 2.45) is 0 Å². The summed E-state index contributed by atoms with van der Waals surface area (Å²) in [6.45, 7) is -0.0472. The van der Waals surface area contributed by atoms with Crippen molar-refractivity contribution in [3.63, 3.8) is 0 Å². The molecule has 17 heteroatoms. The predicted octanol–water partition coefficient (Wildman–Crippen LogP) is 5.84. The van der Waals surface area contributed by atoms with Gasteiger partial charge in [0.15, 0.2) is 0 Å². The monoisotopic (exact) mass is 662 g/mol. The number of carbonyl (C=O) groups excluding carboxylic acids is 2. The van der Waals surface area contributed by atoms with Crippen LogP contribution in [0.1, 0.15) is 48.4 Å². The number of hydrogen-bond acceptors (Lipinski definition) is 4. The SMILES string of the molecule is CN(C(=O)N(C)[C@@H]1CN(C(=O)N[C@H]2CC[C@H](N(C)C(=O)O)CC2)C[C@H]1c1ccc(F)cn1)c1cc(C(F)(F)F)cc(C(F)(F)F)c1. The molecule has 5 amide bonds. The summed E-state index contributed by atoms with van der Waals surface area (Å²) in [6.07, 6.45) is -8.21. The van der Waals surface area contributed by atoms with Crippen LogP contribution in [0.15, 0.2) is 36.5 Å². The summed E-state index contributed by atoms with van der Waals surface area (Å²) in [7, 11) is 3.83. The van der Waals surface area contributed by atoms with Crippen molar-refractivity contribution in [2.45, 2.75) is 62.1 Å². The van der Waals surface area contributed by atoms with E-state index in [1.54, 1.807) is 0 Å². The zero-order valence-electron chi connectivity index (χ0n) is 25.1. The Balaban J connectivity index is 1.54. The van der Waals surface area contributed by atoms with Crippen molar-refractivity contribution in [3.8, 4) is 0 Å². The fraction of sp³-hybridized carbons (Fsp3) is 0.517. The van der Waals surface area contributed by atoms with Crippen molar-refractivity contribution in [1.29, 1.82) is 0 Å². The number of carbonyl (C=O) groups is 3. The number of alkyl halides is 6. The van der Waals surface area contributed by atoms with Crippen molar-refractivity contribution in [2.75, 3.05) is 39.1 Å². The lowest BCUT2D eigenvalue weighted by atomic mass is 9.90. The van der Waals surface area contributed by atoms with Crippen LogP contribution in [0.25, 0.3) is 0 Å². The van der Waals surface area contributed by atoms with Crippen LogP contribution < -0.4 is 10.2 Å². The summed E-state index contributed by atoms with van der Waals surface area (Å²) < 4.78 is 94.4. The number of halogens is 7. The summed E-state index contributed by atoms with van der Waals surface area (Å²) in [6, 6.07) is 0.660. The molecule has 1 saturated heterocycles. The van der Waals surface area contributed by atoms with Gasteiger partial charge < -0.3 is 25.1 Å². The van der Waals surface area contributed by atoms with E-state index in [4.69, 9.17) is 0 Å². The van der Waals surface area contributed by atoms with Gasteiger partial charge >= 0.3 is 30.5 Å². The van der Waals surface area contributed by atoms with E-state index in [9.17, 15) is 50.2 Å². The molecule has 0 spiro atoms. The molecule has 2 fully saturated rings. The molecule has 2 N–H and O–H groups in total. The Morgan fingerprint density at radius 3 is 1.98 bits per heavy atom. The fourth-order valence-electron chi connectivity index (χ4n) is 5.89. The summed E-state index contributed by atoms with van der Waals surface area (Å²) >= 11 is 0. The number of nitrogens with zero attached hydrogens (tertiary/aromatic N) is 5. The maximum atomic E-state index is 13.7. The van der Waals surface area contributed by atoms with Crippen molar-refractivity contribution in [1.82, 2.24) is 25.0 Å². The number of likely N-dealkylation sites (N-methyl/N-ethyl adjacent to an activating group) is 1. The van der Waals surface area contributed by atoms with Gasteiger partial charge in [0, 0.05) is 63.6 Å². The Hall–Kier alpha value is -4.31. The third-order valence-electron chi connectivity index (χ3n) is 8.63. The molecule has 46 heavy (non-hydrogen) atoms. The number of amides is 5. The first-order chi connectivity index (χ1) is 21.4. The molecule has 2 atom stereocenters. The van der Waals surface area contributed by atoms with Crippen LogP contribution in [0.3, 0.4) is 0 Å². The summed E-state index contributed by atoms with van der Waals surface area (Å²) in [4.78, 5) is 46.7. The topological polar surface area (TPSA) is 109 Å². The molecular weight excluding hydrogens is 629 g/mol. The van der Waals surface area contributed by atoms with Crippen LogP contribution in [-0.2, 0) is 12.4 Å². The number of pyridine rings is 1. The molecule has 1 aromatic heterocycles. The lowest BCUT2D eigenvalue weighted by molar-refractivity contribution is -0.143. The third kappa shape index (κ3) is 7.73. The molecule has 1 aliphatic carbocycles. The van der Waals surface area contributed by atoms with Gasteiger partial charge in [-0.05, 0) is 56.0 Å². The van der Waals surface area contributed by atoms with Crippen LogP contribution in [0.2, 0.25) is 0 Å². The van der Waals surface area contributed by atoms with E-state index in [2.05, 4.69) is 10.3 Å². The minimum absolute atomic E-state index is 0.0232. The van der Waals surface area contributed by atoms with E-state index in [1.165, 1.54) is 30.0 Å². The second kappa shape index (κ2) is 13.2. The number of nitrogens with one attached hydrogen (secondary N) is 1. The highest BCUT2D eigenvalue weighted by Crippen LogP contribution is 2.39. The molecule has 0 unspecified atom stereocenters. The predicted molar refractivity (Wildman–Crippen MR) is 151 cm³/mol. The summed E-state index contributed by atoms with van der Waals surface area (Å²) in [5, 5.41) is 12.1. The number of urea groups is 2. The van der Waals surface area contributed by atoms with Crippen LogP contribution in [-0.4, -0.2) is 95.3 Å². The summed E-state index contributed by atoms with van der Waals surface area (Å²) in [5.74, 6) is -1.31. The molecule has 0 radical (unpaired) electrons. The van der Waals surface area contributed by atoms with E-state index in [-0.39, 0.29) is 31.2 Å². The number of aromatic nitrogens is 1. The van der Waals surface area contributed by atoms with Crippen molar-refractivity contribution in [3.05, 3.63) is 59.2 Å². The molecular formula is C29H33F7N6O4. The Kier molecular flexibility index (Phi) is 9.92. The first-order valence-electron chi connectivity index (χ1n) is 14.3. The van der Waals surface area contributed by atoms with Gasteiger partial charge in [-0.3, -0.25) is 9.88 Å².